The van der Waals surface area contributed by atoms with E-state index in [0.717, 1.165) is 17.2 Å². The molecule has 0 fully saturated rings. The van der Waals surface area contributed by atoms with Gasteiger partial charge in [0.25, 0.3) is 5.69 Å². The van der Waals surface area contributed by atoms with Crippen molar-refractivity contribution in [2.45, 2.75) is 6.92 Å². The quantitative estimate of drug-likeness (QED) is 0.432. The minimum absolute atomic E-state index is 0.930. The first kappa shape index (κ1) is 10.6. The van der Waals surface area contributed by atoms with Crippen LogP contribution in [0.2, 0.25) is 0 Å². The molecule has 0 bridgehead atoms. The van der Waals surface area contributed by atoms with Gasteiger partial charge in [-0.2, -0.15) is 4.57 Å². The minimum atomic E-state index is 0.930. The van der Waals surface area contributed by atoms with E-state index in [-0.39, 0.29) is 0 Å². The molecule has 2 heteroatoms. The number of rotatable bonds is 0. The minimum Gasteiger partial charge on any atom is -0.450 e. The van der Waals surface area contributed by atoms with Gasteiger partial charge in [-0.05, 0) is 30.0 Å². The van der Waals surface area contributed by atoms with Crippen molar-refractivity contribution in [3.05, 3.63) is 54.2 Å². The zero-order valence-corrected chi connectivity index (χ0v) is 11.0. The molecule has 0 unspecified atom stereocenters. The molecule has 0 saturated heterocycles. The van der Waals surface area contributed by atoms with Crippen molar-refractivity contribution in [1.29, 1.82) is 0 Å². The summed E-state index contributed by atoms with van der Waals surface area (Å²) in [5, 5.41) is 2.45. The number of ether oxygens (including phenoxy) is 1. The molecule has 4 rings (SSSR count). The summed E-state index contributed by atoms with van der Waals surface area (Å²) in [6.07, 6.45) is 2.06. The van der Waals surface area contributed by atoms with Crippen molar-refractivity contribution in [3.8, 4) is 22.8 Å². The Kier molecular flexibility index (Phi) is 1.99. The third-order valence-electron chi connectivity index (χ3n) is 3.82. The molecule has 0 saturated carbocycles. The number of pyridine rings is 1. The molecule has 1 aliphatic heterocycles. The Balaban J connectivity index is 2.26. The van der Waals surface area contributed by atoms with Crippen LogP contribution in [0.1, 0.15) is 5.56 Å². The predicted molar refractivity (Wildman–Crippen MR) is 75.4 cm³/mol. The molecule has 0 spiro atoms. The van der Waals surface area contributed by atoms with E-state index < -0.39 is 0 Å². The lowest BCUT2D eigenvalue weighted by Crippen LogP contribution is -2.31. The summed E-state index contributed by atoms with van der Waals surface area (Å²) in [6.45, 7) is 2.16. The van der Waals surface area contributed by atoms with Gasteiger partial charge in [0.15, 0.2) is 11.9 Å². The van der Waals surface area contributed by atoms with Crippen LogP contribution in [0.3, 0.4) is 0 Å². The number of aromatic nitrogens is 1. The van der Waals surface area contributed by atoms with Crippen LogP contribution >= 0.6 is 0 Å². The van der Waals surface area contributed by atoms with Crippen molar-refractivity contribution >= 4 is 10.8 Å². The lowest BCUT2D eigenvalue weighted by Gasteiger charge is -2.20. The third-order valence-corrected chi connectivity index (χ3v) is 3.82. The molecule has 19 heavy (non-hydrogen) atoms. The Morgan fingerprint density at radius 3 is 2.68 bits per heavy atom. The van der Waals surface area contributed by atoms with E-state index in [1.54, 1.807) is 0 Å². The Morgan fingerprint density at radius 1 is 0.947 bits per heavy atom. The molecule has 0 amide bonds. The highest BCUT2D eigenvalue weighted by atomic mass is 16.5. The third kappa shape index (κ3) is 1.34. The second-order valence-corrected chi connectivity index (χ2v) is 5.05. The molecule has 0 aliphatic carbocycles. The summed E-state index contributed by atoms with van der Waals surface area (Å²) in [7, 11) is 2.06. The monoisotopic (exact) mass is 248 g/mol. The Hall–Kier alpha value is -2.35. The highest BCUT2D eigenvalue weighted by molar-refractivity contribution is 6.03. The normalized spacial score (nSPS) is 12.1. The molecule has 3 aromatic rings. The average molecular weight is 248 g/mol. The highest BCUT2D eigenvalue weighted by Crippen LogP contribution is 2.45. The summed E-state index contributed by atoms with van der Waals surface area (Å²) in [6, 6.07) is 14.6. The van der Waals surface area contributed by atoms with Gasteiger partial charge >= 0.3 is 0 Å². The van der Waals surface area contributed by atoms with Gasteiger partial charge in [0.2, 0.25) is 0 Å². The summed E-state index contributed by atoms with van der Waals surface area (Å²) >= 11 is 0. The van der Waals surface area contributed by atoms with Gasteiger partial charge in [0.05, 0.1) is 5.56 Å². The van der Waals surface area contributed by atoms with E-state index in [2.05, 4.69) is 42.9 Å². The second-order valence-electron chi connectivity index (χ2n) is 5.05. The van der Waals surface area contributed by atoms with E-state index in [0.29, 0.717) is 0 Å². The molecule has 2 heterocycles. The first-order valence-corrected chi connectivity index (χ1v) is 6.45. The SMILES string of the molecule is Cc1ccc2cccc3c2c1-c1c(ccc[n+]1C)O3. The zero-order valence-electron chi connectivity index (χ0n) is 11.0. The Bertz CT molecular complexity index is 821. The number of benzene rings is 2. The van der Waals surface area contributed by atoms with E-state index >= 15 is 0 Å². The zero-order chi connectivity index (χ0) is 13.0. The first-order chi connectivity index (χ1) is 9.25. The number of hydrogen-bond acceptors (Lipinski definition) is 1. The van der Waals surface area contributed by atoms with Crippen LogP contribution < -0.4 is 9.30 Å². The lowest BCUT2D eigenvalue weighted by atomic mass is 9.94. The lowest BCUT2D eigenvalue weighted by molar-refractivity contribution is -0.660. The van der Waals surface area contributed by atoms with E-state index in [9.17, 15) is 0 Å². The molecule has 2 nitrogen and oxygen atoms in total. The van der Waals surface area contributed by atoms with Gasteiger partial charge in [-0.3, -0.25) is 0 Å². The molecule has 0 radical (unpaired) electrons. The average Bonchev–Trinajstić information content (AvgIpc) is 2.42. The summed E-state index contributed by atoms with van der Waals surface area (Å²) < 4.78 is 8.20. The summed E-state index contributed by atoms with van der Waals surface area (Å²) in [4.78, 5) is 0. The molecular weight excluding hydrogens is 234 g/mol. The van der Waals surface area contributed by atoms with E-state index in [1.807, 2.05) is 24.3 Å². The molecule has 2 aromatic carbocycles. The van der Waals surface area contributed by atoms with Crippen LogP contribution in [-0.4, -0.2) is 0 Å². The van der Waals surface area contributed by atoms with Crippen LogP contribution in [0.25, 0.3) is 22.0 Å². The predicted octanol–water partition coefficient (Wildman–Crippen LogP) is 3.75. The Morgan fingerprint density at radius 2 is 1.79 bits per heavy atom. The van der Waals surface area contributed by atoms with Crippen LogP contribution in [0.4, 0.5) is 0 Å². The molecule has 1 aliphatic rings. The van der Waals surface area contributed by atoms with E-state index in [4.69, 9.17) is 4.74 Å². The number of aryl methyl sites for hydroxylation is 2. The van der Waals surface area contributed by atoms with Crippen LogP contribution in [0.15, 0.2) is 48.7 Å². The van der Waals surface area contributed by atoms with Crippen LogP contribution in [0, 0.1) is 6.92 Å². The van der Waals surface area contributed by atoms with Crippen LogP contribution in [-0.2, 0) is 7.05 Å². The van der Waals surface area contributed by atoms with Crippen molar-refractivity contribution < 1.29 is 9.30 Å². The van der Waals surface area contributed by atoms with Crippen molar-refractivity contribution in [1.82, 2.24) is 0 Å². The van der Waals surface area contributed by atoms with Gasteiger partial charge in [-0.25, -0.2) is 0 Å². The van der Waals surface area contributed by atoms with Crippen molar-refractivity contribution in [2.24, 2.45) is 7.05 Å². The maximum Gasteiger partial charge on any atom is 0.256 e. The summed E-state index contributed by atoms with van der Waals surface area (Å²) in [5.41, 5.74) is 3.73. The van der Waals surface area contributed by atoms with Crippen LogP contribution in [0.5, 0.6) is 11.5 Å². The van der Waals surface area contributed by atoms with Gasteiger partial charge in [-0.1, -0.05) is 24.3 Å². The van der Waals surface area contributed by atoms with Gasteiger partial charge in [0, 0.05) is 11.5 Å². The van der Waals surface area contributed by atoms with E-state index in [1.165, 1.54) is 21.9 Å². The fourth-order valence-corrected chi connectivity index (χ4v) is 2.93. The maximum atomic E-state index is 6.06. The smallest absolute Gasteiger partial charge is 0.256 e. The molecule has 1 aromatic heterocycles. The topological polar surface area (TPSA) is 13.1 Å². The second kappa shape index (κ2) is 3.58. The largest absolute Gasteiger partial charge is 0.450 e. The van der Waals surface area contributed by atoms with Gasteiger partial charge in [-0.15, -0.1) is 0 Å². The molecule has 0 N–H and O–H groups in total. The highest BCUT2D eigenvalue weighted by Gasteiger charge is 2.28. The number of nitrogens with zero attached hydrogens (tertiary/aromatic N) is 1. The standard InChI is InChI=1S/C17H14NO/c1-11-8-9-12-5-3-6-13-16(12)15(11)17-14(19-13)7-4-10-18(17)2/h3-10H,1-2H3/q+1. The Labute approximate surface area is 111 Å². The maximum absolute atomic E-state index is 6.06. The van der Waals surface area contributed by atoms with Gasteiger partial charge in [0.1, 0.15) is 12.8 Å². The first-order valence-electron chi connectivity index (χ1n) is 6.45. The number of fused-ring (bicyclic) bond motifs is 2. The molecule has 0 atom stereocenters. The summed E-state index contributed by atoms with van der Waals surface area (Å²) in [5.74, 6) is 1.88. The molecular formula is C17H14NO+. The van der Waals surface area contributed by atoms with Crippen molar-refractivity contribution in [3.63, 3.8) is 0 Å². The fraction of sp³-hybridized carbons (Fsp3) is 0.118. The number of hydrogen-bond donors (Lipinski definition) is 0. The van der Waals surface area contributed by atoms with Crippen molar-refractivity contribution in [2.75, 3.05) is 0 Å². The van der Waals surface area contributed by atoms with Gasteiger partial charge < -0.3 is 4.74 Å². The molecule has 92 valence electrons. The fourth-order valence-electron chi connectivity index (χ4n) is 2.93.